The monoisotopic (exact) mass is 428 g/mol. The second kappa shape index (κ2) is 14.6. The van der Waals surface area contributed by atoms with Gasteiger partial charge < -0.3 is 18.9 Å². The second-order valence-electron chi connectivity index (χ2n) is 8.06. The Morgan fingerprint density at radius 1 is 0.419 bits per heavy atom. The molecular weight excluding hydrogens is 388 g/mol. The van der Waals surface area contributed by atoms with E-state index in [2.05, 4.69) is 24.3 Å². The summed E-state index contributed by atoms with van der Waals surface area (Å²) in [5, 5.41) is 0. The molecule has 4 heteroatoms. The van der Waals surface area contributed by atoms with E-state index in [-0.39, 0.29) is 0 Å². The second-order valence-corrected chi connectivity index (χ2v) is 8.06. The molecule has 0 fully saturated rings. The molecule has 0 bridgehead atoms. The molecule has 4 nitrogen and oxygen atoms in total. The minimum absolute atomic E-state index is 0.801. The van der Waals surface area contributed by atoms with Crippen molar-refractivity contribution in [2.24, 2.45) is 0 Å². The number of methoxy groups -OCH3 is 4. The lowest BCUT2D eigenvalue weighted by Gasteiger charge is -2.10. The van der Waals surface area contributed by atoms with E-state index in [0.29, 0.717) is 0 Å². The third-order valence-electron chi connectivity index (χ3n) is 5.83. The topological polar surface area (TPSA) is 36.9 Å². The van der Waals surface area contributed by atoms with Crippen LogP contribution in [-0.2, 0) is 12.8 Å². The molecule has 172 valence electrons. The minimum Gasteiger partial charge on any atom is -0.493 e. The largest absolute Gasteiger partial charge is 0.493 e. The first kappa shape index (κ1) is 24.9. The van der Waals surface area contributed by atoms with Crippen molar-refractivity contribution in [2.75, 3.05) is 28.4 Å². The van der Waals surface area contributed by atoms with Crippen LogP contribution in [0.2, 0.25) is 0 Å². The zero-order valence-electron chi connectivity index (χ0n) is 19.9. The van der Waals surface area contributed by atoms with Gasteiger partial charge in [0, 0.05) is 0 Å². The normalized spacial score (nSPS) is 10.7. The van der Waals surface area contributed by atoms with Gasteiger partial charge in [-0.1, -0.05) is 57.1 Å². The summed E-state index contributed by atoms with van der Waals surface area (Å²) >= 11 is 0. The van der Waals surface area contributed by atoms with E-state index < -0.39 is 0 Å². The highest BCUT2D eigenvalue weighted by molar-refractivity contribution is 5.43. The first-order chi connectivity index (χ1) is 15.2. The fraction of sp³-hybridized carbons (Fsp3) is 0.556. The van der Waals surface area contributed by atoms with Gasteiger partial charge in [0.2, 0.25) is 0 Å². The van der Waals surface area contributed by atoms with Crippen LogP contribution < -0.4 is 18.9 Å². The van der Waals surface area contributed by atoms with Crippen molar-refractivity contribution in [2.45, 2.75) is 70.6 Å². The lowest BCUT2D eigenvalue weighted by atomic mass is 10.0. The Morgan fingerprint density at radius 3 is 1.06 bits per heavy atom. The summed E-state index contributed by atoms with van der Waals surface area (Å²) in [5.74, 6) is 3.25. The number of ether oxygens (including phenoxy) is 4. The van der Waals surface area contributed by atoms with E-state index in [1.807, 2.05) is 12.1 Å². The van der Waals surface area contributed by atoms with Gasteiger partial charge in [-0.05, 0) is 61.1 Å². The molecule has 0 unspecified atom stereocenters. The van der Waals surface area contributed by atoms with Crippen LogP contribution in [0.5, 0.6) is 23.0 Å². The van der Waals surface area contributed by atoms with Crippen molar-refractivity contribution in [3.05, 3.63) is 47.5 Å². The van der Waals surface area contributed by atoms with Crippen molar-refractivity contribution in [1.82, 2.24) is 0 Å². The summed E-state index contributed by atoms with van der Waals surface area (Å²) in [6.45, 7) is 0. The highest BCUT2D eigenvalue weighted by atomic mass is 16.5. The Hall–Kier alpha value is -2.36. The van der Waals surface area contributed by atoms with Gasteiger partial charge in [-0.3, -0.25) is 0 Å². The van der Waals surface area contributed by atoms with E-state index in [9.17, 15) is 0 Å². The SMILES string of the molecule is COc1ccc(CCCCCCCCCCCc2ccc(OC)c(OC)c2)cc1OC. The van der Waals surface area contributed by atoms with Crippen LogP contribution in [0.1, 0.15) is 68.9 Å². The van der Waals surface area contributed by atoms with Crippen molar-refractivity contribution in [3.8, 4) is 23.0 Å². The molecule has 2 aromatic rings. The Kier molecular flexibility index (Phi) is 11.7. The third-order valence-corrected chi connectivity index (χ3v) is 5.83. The van der Waals surface area contributed by atoms with E-state index in [1.54, 1.807) is 28.4 Å². The molecule has 31 heavy (non-hydrogen) atoms. The van der Waals surface area contributed by atoms with Crippen LogP contribution in [-0.4, -0.2) is 28.4 Å². The molecular formula is C27H40O4. The van der Waals surface area contributed by atoms with Crippen LogP contribution in [0.25, 0.3) is 0 Å². The van der Waals surface area contributed by atoms with Crippen molar-refractivity contribution in [1.29, 1.82) is 0 Å². The molecule has 0 atom stereocenters. The predicted octanol–water partition coefficient (Wildman–Crippen LogP) is 7.02. The minimum atomic E-state index is 0.801. The fourth-order valence-corrected chi connectivity index (χ4v) is 3.97. The van der Waals surface area contributed by atoms with Gasteiger partial charge in [0.05, 0.1) is 28.4 Å². The van der Waals surface area contributed by atoms with Gasteiger partial charge in [-0.15, -0.1) is 0 Å². The molecule has 0 radical (unpaired) electrons. The molecule has 0 saturated carbocycles. The lowest BCUT2D eigenvalue weighted by Crippen LogP contribution is -1.93. The molecule has 0 N–H and O–H groups in total. The standard InChI is InChI=1S/C27H40O4/c1-28-24-18-16-22(20-26(24)30-3)14-12-10-8-6-5-7-9-11-13-15-23-17-19-25(29-2)27(21-23)31-4/h16-21H,5-15H2,1-4H3. The van der Waals surface area contributed by atoms with Crippen molar-refractivity contribution in [3.63, 3.8) is 0 Å². The average molecular weight is 429 g/mol. The fourth-order valence-electron chi connectivity index (χ4n) is 3.97. The molecule has 0 aliphatic rings. The summed E-state index contributed by atoms with van der Waals surface area (Å²) in [7, 11) is 6.74. The first-order valence-corrected chi connectivity index (χ1v) is 11.6. The number of hydrogen-bond donors (Lipinski definition) is 0. The zero-order chi connectivity index (χ0) is 22.3. The first-order valence-electron chi connectivity index (χ1n) is 11.6. The Labute approximate surface area is 188 Å². The maximum absolute atomic E-state index is 5.39. The Bertz CT molecular complexity index is 693. The number of benzene rings is 2. The van der Waals surface area contributed by atoms with Gasteiger partial charge in [0.25, 0.3) is 0 Å². The van der Waals surface area contributed by atoms with E-state index in [0.717, 1.165) is 35.8 Å². The predicted molar refractivity (Wildman–Crippen MR) is 128 cm³/mol. The van der Waals surface area contributed by atoms with Crippen LogP contribution in [0, 0.1) is 0 Å². The maximum Gasteiger partial charge on any atom is 0.160 e. The molecule has 0 heterocycles. The molecule has 0 aliphatic carbocycles. The third kappa shape index (κ3) is 8.72. The maximum atomic E-state index is 5.39. The summed E-state index contributed by atoms with van der Waals surface area (Å²) in [6, 6.07) is 12.5. The van der Waals surface area contributed by atoms with Gasteiger partial charge >= 0.3 is 0 Å². The highest BCUT2D eigenvalue weighted by Crippen LogP contribution is 2.29. The quantitative estimate of drug-likeness (QED) is 0.269. The van der Waals surface area contributed by atoms with E-state index in [4.69, 9.17) is 18.9 Å². The highest BCUT2D eigenvalue weighted by Gasteiger charge is 2.05. The summed E-state index contributed by atoms with van der Waals surface area (Å²) < 4.78 is 21.4. The van der Waals surface area contributed by atoms with Crippen LogP contribution in [0.15, 0.2) is 36.4 Å². The van der Waals surface area contributed by atoms with Crippen molar-refractivity contribution < 1.29 is 18.9 Å². The number of aryl methyl sites for hydroxylation is 2. The summed E-state index contributed by atoms with van der Waals surface area (Å²) in [6.07, 6.45) is 14.0. The Balaban J connectivity index is 1.48. The summed E-state index contributed by atoms with van der Waals surface area (Å²) in [5.41, 5.74) is 2.65. The number of rotatable bonds is 16. The molecule has 2 rings (SSSR count). The number of hydrogen-bond acceptors (Lipinski definition) is 4. The van der Waals surface area contributed by atoms with E-state index >= 15 is 0 Å². The average Bonchev–Trinajstić information content (AvgIpc) is 2.82. The smallest absolute Gasteiger partial charge is 0.160 e. The lowest BCUT2D eigenvalue weighted by molar-refractivity contribution is 0.354. The number of unbranched alkanes of at least 4 members (excludes halogenated alkanes) is 8. The van der Waals surface area contributed by atoms with E-state index in [1.165, 1.54) is 68.9 Å². The van der Waals surface area contributed by atoms with Gasteiger partial charge in [0.15, 0.2) is 23.0 Å². The van der Waals surface area contributed by atoms with Gasteiger partial charge in [-0.25, -0.2) is 0 Å². The zero-order valence-corrected chi connectivity index (χ0v) is 19.9. The van der Waals surface area contributed by atoms with Crippen LogP contribution in [0.3, 0.4) is 0 Å². The van der Waals surface area contributed by atoms with Crippen LogP contribution in [0.4, 0.5) is 0 Å². The molecule has 0 saturated heterocycles. The van der Waals surface area contributed by atoms with Crippen LogP contribution >= 0.6 is 0 Å². The van der Waals surface area contributed by atoms with Crippen molar-refractivity contribution >= 4 is 0 Å². The molecule has 0 amide bonds. The van der Waals surface area contributed by atoms with Gasteiger partial charge in [0.1, 0.15) is 0 Å². The molecule has 2 aromatic carbocycles. The Morgan fingerprint density at radius 2 is 0.742 bits per heavy atom. The molecule has 0 aromatic heterocycles. The summed E-state index contributed by atoms with van der Waals surface area (Å²) in [4.78, 5) is 0. The molecule has 0 spiro atoms. The van der Waals surface area contributed by atoms with Gasteiger partial charge in [-0.2, -0.15) is 0 Å². The molecule has 0 aliphatic heterocycles.